The number of anilines is 3. The van der Waals surface area contributed by atoms with E-state index in [1.807, 2.05) is 0 Å². The number of hydrogen-bond acceptors (Lipinski definition) is 2. The molecule has 1 aromatic heterocycles. The van der Waals surface area contributed by atoms with Gasteiger partial charge in [-0.3, -0.25) is 0 Å². The molecule has 0 amide bonds. The first kappa shape index (κ1) is 35.2. The number of furan rings is 1. The van der Waals surface area contributed by atoms with E-state index in [1.54, 1.807) is 0 Å². The highest BCUT2D eigenvalue weighted by Crippen LogP contribution is 2.40. The first-order valence-electron chi connectivity index (χ1n) is 20.5. The van der Waals surface area contributed by atoms with E-state index in [-0.39, 0.29) is 0 Å². The molecule has 0 unspecified atom stereocenters. The van der Waals surface area contributed by atoms with Gasteiger partial charge in [0.05, 0.1) is 0 Å². The minimum absolute atomic E-state index is 0.897. The fourth-order valence-corrected chi connectivity index (χ4v) is 8.51. The Balaban J connectivity index is 0.924. The van der Waals surface area contributed by atoms with Crippen molar-refractivity contribution in [2.45, 2.75) is 0 Å². The predicted molar refractivity (Wildman–Crippen MR) is 253 cm³/mol. The molecule has 0 aliphatic rings. The summed E-state index contributed by atoms with van der Waals surface area (Å²) in [7, 11) is 0. The second-order valence-electron chi connectivity index (χ2n) is 15.3. The highest BCUT2D eigenvalue weighted by atomic mass is 16.3. The standard InChI is InChI=1S/C58H39NO/c1-3-9-40(10-4-1)42-15-19-44(20-16-42)46-23-31-51(32-24-46)59(52-33-25-47(26-34-52)45-21-17-43(18-22-45)41-11-5-2-6-12-41)53-35-27-48(28-36-53)50-30-37-55-56-38-29-49-13-7-8-14-54(49)58(56)60-57(55)39-50/h1-39H. The van der Waals surface area contributed by atoms with Crippen LogP contribution in [0, 0.1) is 0 Å². The Hall–Kier alpha value is -7.94. The average molecular weight is 766 g/mol. The molecule has 60 heavy (non-hydrogen) atoms. The van der Waals surface area contributed by atoms with Crippen LogP contribution in [0.5, 0.6) is 0 Å². The summed E-state index contributed by atoms with van der Waals surface area (Å²) in [6.45, 7) is 0. The van der Waals surface area contributed by atoms with E-state index >= 15 is 0 Å². The number of hydrogen-bond donors (Lipinski definition) is 0. The van der Waals surface area contributed by atoms with Crippen LogP contribution in [0.15, 0.2) is 241 Å². The summed E-state index contributed by atoms with van der Waals surface area (Å²) in [5, 5.41) is 4.60. The van der Waals surface area contributed by atoms with Crippen molar-refractivity contribution < 1.29 is 4.42 Å². The van der Waals surface area contributed by atoms with E-state index < -0.39 is 0 Å². The molecule has 11 aromatic rings. The summed E-state index contributed by atoms with van der Waals surface area (Å²) < 4.78 is 6.53. The monoisotopic (exact) mass is 765 g/mol. The summed E-state index contributed by atoms with van der Waals surface area (Å²) in [4.78, 5) is 2.34. The van der Waals surface area contributed by atoms with Gasteiger partial charge in [0.25, 0.3) is 0 Å². The number of rotatable bonds is 8. The maximum Gasteiger partial charge on any atom is 0.143 e. The van der Waals surface area contributed by atoms with Crippen LogP contribution in [-0.2, 0) is 0 Å². The molecule has 1 heterocycles. The fraction of sp³-hybridized carbons (Fsp3) is 0. The number of benzene rings is 10. The predicted octanol–water partition coefficient (Wildman–Crippen LogP) is 16.5. The second kappa shape index (κ2) is 15.1. The molecule has 0 N–H and O–H groups in total. The van der Waals surface area contributed by atoms with E-state index in [1.165, 1.54) is 49.9 Å². The summed E-state index contributed by atoms with van der Waals surface area (Å²) in [6.07, 6.45) is 0. The van der Waals surface area contributed by atoms with Crippen LogP contribution in [0.1, 0.15) is 0 Å². The van der Waals surface area contributed by atoms with Gasteiger partial charge in [-0.25, -0.2) is 0 Å². The molecular weight excluding hydrogens is 727 g/mol. The summed E-state index contributed by atoms with van der Waals surface area (Å²) in [5.41, 5.74) is 17.0. The molecule has 2 heteroatoms. The largest absolute Gasteiger partial charge is 0.455 e. The van der Waals surface area contributed by atoms with Gasteiger partial charge < -0.3 is 9.32 Å². The van der Waals surface area contributed by atoms with E-state index in [0.717, 1.165) is 55.5 Å². The van der Waals surface area contributed by atoms with Crippen molar-refractivity contribution in [2.24, 2.45) is 0 Å². The Morgan fingerprint density at radius 2 is 0.600 bits per heavy atom. The maximum absolute atomic E-state index is 6.53. The zero-order chi connectivity index (χ0) is 39.8. The lowest BCUT2D eigenvalue weighted by Gasteiger charge is -2.26. The van der Waals surface area contributed by atoms with E-state index in [0.29, 0.717) is 0 Å². The van der Waals surface area contributed by atoms with E-state index in [2.05, 4.69) is 241 Å². The van der Waals surface area contributed by atoms with Crippen molar-refractivity contribution in [1.82, 2.24) is 0 Å². The highest BCUT2D eigenvalue weighted by Gasteiger charge is 2.16. The van der Waals surface area contributed by atoms with E-state index in [9.17, 15) is 0 Å². The smallest absolute Gasteiger partial charge is 0.143 e. The fourth-order valence-electron chi connectivity index (χ4n) is 8.51. The normalized spacial score (nSPS) is 11.3. The van der Waals surface area contributed by atoms with Gasteiger partial charge in [0.2, 0.25) is 0 Å². The van der Waals surface area contributed by atoms with Gasteiger partial charge in [-0.05, 0) is 116 Å². The van der Waals surface area contributed by atoms with Crippen molar-refractivity contribution in [3.63, 3.8) is 0 Å². The Kier molecular flexibility index (Phi) is 8.87. The average Bonchev–Trinajstić information content (AvgIpc) is 3.72. The topological polar surface area (TPSA) is 16.4 Å². The second-order valence-corrected chi connectivity index (χ2v) is 15.3. The lowest BCUT2D eigenvalue weighted by molar-refractivity contribution is 0.673. The zero-order valence-electron chi connectivity index (χ0n) is 32.9. The highest BCUT2D eigenvalue weighted by molar-refractivity contribution is 6.15. The van der Waals surface area contributed by atoms with Crippen LogP contribution in [0.3, 0.4) is 0 Å². The minimum atomic E-state index is 0.897. The molecule has 0 spiro atoms. The van der Waals surface area contributed by atoms with Gasteiger partial charge in [-0.15, -0.1) is 0 Å². The molecule has 0 radical (unpaired) electrons. The maximum atomic E-state index is 6.53. The van der Waals surface area contributed by atoms with Crippen LogP contribution in [0.2, 0.25) is 0 Å². The van der Waals surface area contributed by atoms with Crippen LogP contribution in [0.25, 0.3) is 88.3 Å². The first-order valence-corrected chi connectivity index (χ1v) is 20.5. The quantitative estimate of drug-likeness (QED) is 0.153. The van der Waals surface area contributed by atoms with Gasteiger partial charge >= 0.3 is 0 Å². The Morgan fingerprint density at radius 3 is 1.07 bits per heavy atom. The van der Waals surface area contributed by atoms with Crippen molar-refractivity contribution >= 4 is 49.8 Å². The Labute approximate surface area is 349 Å². The molecule has 0 bridgehead atoms. The van der Waals surface area contributed by atoms with Crippen LogP contribution in [0.4, 0.5) is 17.1 Å². The van der Waals surface area contributed by atoms with Gasteiger partial charge in [-0.1, -0.05) is 182 Å². The van der Waals surface area contributed by atoms with Crippen LogP contribution >= 0.6 is 0 Å². The third kappa shape index (κ3) is 6.61. The molecule has 282 valence electrons. The molecule has 11 rings (SSSR count). The summed E-state index contributed by atoms with van der Waals surface area (Å²) in [6, 6.07) is 84.7. The molecular formula is C58H39NO. The number of nitrogens with zero attached hydrogens (tertiary/aromatic N) is 1. The third-order valence-corrected chi connectivity index (χ3v) is 11.7. The van der Waals surface area contributed by atoms with Gasteiger partial charge in [0, 0.05) is 33.2 Å². The van der Waals surface area contributed by atoms with E-state index in [4.69, 9.17) is 4.42 Å². The van der Waals surface area contributed by atoms with Crippen molar-refractivity contribution in [1.29, 1.82) is 0 Å². The Bertz CT molecular complexity index is 3110. The van der Waals surface area contributed by atoms with Gasteiger partial charge in [0.1, 0.15) is 11.2 Å². The minimum Gasteiger partial charge on any atom is -0.455 e. The molecule has 2 nitrogen and oxygen atoms in total. The Morgan fingerprint density at radius 1 is 0.250 bits per heavy atom. The van der Waals surface area contributed by atoms with Crippen molar-refractivity contribution in [3.8, 4) is 55.6 Å². The molecule has 10 aromatic carbocycles. The zero-order valence-corrected chi connectivity index (χ0v) is 32.9. The van der Waals surface area contributed by atoms with Crippen molar-refractivity contribution in [3.05, 3.63) is 237 Å². The summed E-state index contributed by atoms with van der Waals surface area (Å²) in [5.74, 6) is 0. The van der Waals surface area contributed by atoms with Gasteiger partial charge in [0.15, 0.2) is 0 Å². The van der Waals surface area contributed by atoms with Crippen molar-refractivity contribution in [2.75, 3.05) is 4.90 Å². The first-order chi connectivity index (χ1) is 29.7. The SMILES string of the molecule is c1ccc(-c2ccc(-c3ccc(N(c4ccc(-c5ccc(-c6ccccc6)cc5)cc4)c4ccc(-c5ccc6c(c5)oc5c7ccccc7ccc65)cc4)cc3)cc2)cc1. The summed E-state index contributed by atoms with van der Waals surface area (Å²) >= 11 is 0. The van der Waals surface area contributed by atoms with Gasteiger partial charge in [-0.2, -0.15) is 0 Å². The molecule has 0 fully saturated rings. The van der Waals surface area contributed by atoms with Crippen LogP contribution < -0.4 is 4.90 Å². The number of fused-ring (bicyclic) bond motifs is 5. The molecule has 0 aliphatic carbocycles. The molecule has 0 saturated heterocycles. The van der Waals surface area contributed by atoms with Crippen LogP contribution in [-0.4, -0.2) is 0 Å². The third-order valence-electron chi connectivity index (χ3n) is 11.7. The molecule has 0 aliphatic heterocycles. The lowest BCUT2D eigenvalue weighted by Crippen LogP contribution is -2.09. The molecule has 0 atom stereocenters. The lowest BCUT2D eigenvalue weighted by atomic mass is 9.99. The molecule has 0 saturated carbocycles.